The summed E-state index contributed by atoms with van der Waals surface area (Å²) in [7, 11) is 3.37. The third-order valence-electron chi connectivity index (χ3n) is 3.57. The molecule has 1 atom stereocenters. The van der Waals surface area contributed by atoms with Crippen LogP contribution in [0.5, 0.6) is 0 Å². The SMILES string of the molecule is Cc1ccc2c(C(=O)NC(C(=O)N(C)C)C(C)C)cnn2c1. The van der Waals surface area contributed by atoms with E-state index >= 15 is 0 Å². The average Bonchev–Trinajstić information content (AvgIpc) is 2.86. The summed E-state index contributed by atoms with van der Waals surface area (Å²) in [5, 5.41) is 7.02. The number of aryl methyl sites for hydroxylation is 1. The fourth-order valence-corrected chi connectivity index (χ4v) is 2.27. The van der Waals surface area contributed by atoms with Crippen molar-refractivity contribution in [2.45, 2.75) is 26.8 Å². The molecular weight excluding hydrogens is 280 g/mol. The van der Waals surface area contributed by atoms with Crippen molar-refractivity contribution < 1.29 is 9.59 Å². The van der Waals surface area contributed by atoms with Crippen molar-refractivity contribution in [3.05, 3.63) is 35.7 Å². The first-order valence-electron chi connectivity index (χ1n) is 7.27. The fourth-order valence-electron chi connectivity index (χ4n) is 2.27. The van der Waals surface area contributed by atoms with Gasteiger partial charge in [-0.25, -0.2) is 4.52 Å². The van der Waals surface area contributed by atoms with Gasteiger partial charge in [0.25, 0.3) is 5.91 Å². The van der Waals surface area contributed by atoms with E-state index in [9.17, 15) is 9.59 Å². The number of pyridine rings is 1. The minimum Gasteiger partial charge on any atom is -0.347 e. The molecule has 2 aromatic rings. The van der Waals surface area contributed by atoms with Crippen LogP contribution in [0.4, 0.5) is 0 Å². The maximum atomic E-state index is 12.5. The van der Waals surface area contributed by atoms with Crippen molar-refractivity contribution in [1.82, 2.24) is 19.8 Å². The van der Waals surface area contributed by atoms with Gasteiger partial charge in [0.1, 0.15) is 6.04 Å². The highest BCUT2D eigenvalue weighted by Crippen LogP contribution is 2.13. The molecular formula is C16H22N4O2. The van der Waals surface area contributed by atoms with Gasteiger partial charge in [0.2, 0.25) is 5.91 Å². The van der Waals surface area contributed by atoms with Crippen LogP contribution in [-0.2, 0) is 4.79 Å². The van der Waals surface area contributed by atoms with Gasteiger partial charge >= 0.3 is 0 Å². The number of aromatic nitrogens is 2. The van der Waals surface area contributed by atoms with Gasteiger partial charge in [-0.05, 0) is 24.5 Å². The van der Waals surface area contributed by atoms with Crippen LogP contribution in [0, 0.1) is 12.8 Å². The Bertz CT molecular complexity index is 703. The van der Waals surface area contributed by atoms with Crippen LogP contribution < -0.4 is 5.32 Å². The molecule has 0 radical (unpaired) electrons. The lowest BCUT2D eigenvalue weighted by atomic mass is 10.0. The van der Waals surface area contributed by atoms with E-state index in [-0.39, 0.29) is 17.7 Å². The van der Waals surface area contributed by atoms with Crippen molar-refractivity contribution in [2.75, 3.05) is 14.1 Å². The molecule has 0 saturated heterocycles. The molecule has 0 spiro atoms. The molecule has 0 aliphatic rings. The average molecular weight is 302 g/mol. The number of amides is 2. The molecule has 0 aliphatic heterocycles. The van der Waals surface area contributed by atoms with E-state index in [0.717, 1.165) is 11.1 Å². The minimum atomic E-state index is -0.553. The van der Waals surface area contributed by atoms with Gasteiger partial charge in [0.05, 0.1) is 17.3 Å². The number of fused-ring (bicyclic) bond motifs is 1. The zero-order valence-electron chi connectivity index (χ0n) is 13.6. The third-order valence-corrected chi connectivity index (χ3v) is 3.57. The molecule has 22 heavy (non-hydrogen) atoms. The van der Waals surface area contributed by atoms with Crippen LogP contribution in [0.25, 0.3) is 5.52 Å². The van der Waals surface area contributed by atoms with Crippen molar-refractivity contribution in [2.24, 2.45) is 5.92 Å². The summed E-state index contributed by atoms with van der Waals surface area (Å²) in [6, 6.07) is 3.23. The molecule has 118 valence electrons. The Hall–Kier alpha value is -2.37. The summed E-state index contributed by atoms with van der Waals surface area (Å²) in [5.41, 5.74) is 2.26. The Morgan fingerprint density at radius 1 is 1.27 bits per heavy atom. The van der Waals surface area contributed by atoms with Gasteiger partial charge in [-0.1, -0.05) is 19.9 Å². The van der Waals surface area contributed by atoms with Gasteiger partial charge in [0.15, 0.2) is 0 Å². The lowest BCUT2D eigenvalue weighted by molar-refractivity contribution is -0.131. The van der Waals surface area contributed by atoms with E-state index < -0.39 is 6.04 Å². The van der Waals surface area contributed by atoms with Crippen LogP contribution in [0.3, 0.4) is 0 Å². The Morgan fingerprint density at radius 3 is 2.55 bits per heavy atom. The summed E-state index contributed by atoms with van der Waals surface area (Å²) in [6.07, 6.45) is 3.39. The molecule has 6 heteroatoms. The standard InChI is InChI=1S/C16H22N4O2/c1-10(2)14(16(22)19(4)5)18-15(21)12-8-17-20-9-11(3)6-7-13(12)20/h6-10,14H,1-5H3,(H,18,21). The molecule has 0 fully saturated rings. The number of hydrogen-bond donors (Lipinski definition) is 1. The smallest absolute Gasteiger partial charge is 0.255 e. The first-order valence-corrected chi connectivity index (χ1v) is 7.27. The molecule has 1 N–H and O–H groups in total. The lowest BCUT2D eigenvalue weighted by Crippen LogP contribution is -2.49. The molecule has 2 amide bonds. The molecule has 0 saturated carbocycles. The number of nitrogens with one attached hydrogen (secondary N) is 1. The van der Waals surface area contributed by atoms with E-state index in [1.165, 1.54) is 11.1 Å². The summed E-state index contributed by atoms with van der Waals surface area (Å²) in [4.78, 5) is 26.2. The van der Waals surface area contributed by atoms with E-state index in [2.05, 4.69) is 10.4 Å². The highest BCUT2D eigenvalue weighted by atomic mass is 16.2. The fraction of sp³-hybridized carbons (Fsp3) is 0.438. The van der Waals surface area contributed by atoms with Crippen molar-refractivity contribution >= 4 is 17.3 Å². The monoisotopic (exact) mass is 302 g/mol. The van der Waals surface area contributed by atoms with E-state index in [0.29, 0.717) is 5.56 Å². The number of carbonyl (C=O) groups is 2. The number of rotatable bonds is 4. The van der Waals surface area contributed by atoms with Crippen molar-refractivity contribution in [3.63, 3.8) is 0 Å². The topological polar surface area (TPSA) is 66.7 Å². The third kappa shape index (κ3) is 3.10. The molecule has 2 rings (SSSR count). The minimum absolute atomic E-state index is 0.00272. The second kappa shape index (κ2) is 6.17. The predicted molar refractivity (Wildman–Crippen MR) is 84.7 cm³/mol. The van der Waals surface area contributed by atoms with Gasteiger partial charge in [-0.2, -0.15) is 5.10 Å². The van der Waals surface area contributed by atoms with Crippen LogP contribution in [0.15, 0.2) is 24.5 Å². The van der Waals surface area contributed by atoms with E-state index in [1.54, 1.807) is 18.6 Å². The Balaban J connectivity index is 2.28. The molecule has 0 aliphatic carbocycles. The number of hydrogen-bond acceptors (Lipinski definition) is 3. The maximum absolute atomic E-state index is 12.5. The Labute approximate surface area is 130 Å². The summed E-state index contributed by atoms with van der Waals surface area (Å²) in [6.45, 7) is 5.78. The molecule has 1 unspecified atom stereocenters. The van der Waals surface area contributed by atoms with Crippen LogP contribution in [0.2, 0.25) is 0 Å². The second-order valence-electron chi connectivity index (χ2n) is 6.02. The molecule has 6 nitrogen and oxygen atoms in total. The highest BCUT2D eigenvalue weighted by molar-refractivity contribution is 6.02. The van der Waals surface area contributed by atoms with E-state index in [4.69, 9.17) is 0 Å². The number of carbonyl (C=O) groups excluding carboxylic acids is 2. The van der Waals surface area contributed by atoms with Gasteiger partial charge in [0, 0.05) is 20.3 Å². The molecule has 2 heterocycles. The highest BCUT2D eigenvalue weighted by Gasteiger charge is 2.26. The van der Waals surface area contributed by atoms with Crippen molar-refractivity contribution in [1.29, 1.82) is 0 Å². The second-order valence-corrected chi connectivity index (χ2v) is 6.02. The van der Waals surface area contributed by atoms with Crippen LogP contribution in [0.1, 0.15) is 29.8 Å². The Kier molecular flexibility index (Phi) is 4.49. The van der Waals surface area contributed by atoms with Gasteiger partial charge in [-0.15, -0.1) is 0 Å². The quantitative estimate of drug-likeness (QED) is 0.930. The summed E-state index contributed by atoms with van der Waals surface area (Å²) < 4.78 is 1.67. The van der Waals surface area contributed by atoms with Crippen molar-refractivity contribution in [3.8, 4) is 0 Å². The largest absolute Gasteiger partial charge is 0.347 e. The zero-order chi connectivity index (χ0) is 16.4. The van der Waals surface area contributed by atoms with Gasteiger partial charge in [-0.3, -0.25) is 9.59 Å². The summed E-state index contributed by atoms with van der Waals surface area (Å²) in [5.74, 6) is -0.397. The zero-order valence-corrected chi connectivity index (χ0v) is 13.6. The number of nitrogens with zero attached hydrogens (tertiary/aromatic N) is 3. The van der Waals surface area contributed by atoms with Gasteiger partial charge < -0.3 is 10.2 Å². The normalized spacial score (nSPS) is 12.5. The van der Waals surface area contributed by atoms with Crippen LogP contribution >= 0.6 is 0 Å². The first-order chi connectivity index (χ1) is 10.3. The molecule has 0 bridgehead atoms. The number of likely N-dealkylation sites (N-methyl/N-ethyl adjacent to an activating group) is 1. The maximum Gasteiger partial charge on any atom is 0.255 e. The van der Waals surface area contributed by atoms with E-state index in [1.807, 2.05) is 39.1 Å². The first kappa shape index (κ1) is 16.0. The summed E-state index contributed by atoms with van der Waals surface area (Å²) >= 11 is 0. The molecule has 2 aromatic heterocycles. The molecule has 0 aromatic carbocycles. The predicted octanol–water partition coefficient (Wildman–Crippen LogP) is 1.49. The Morgan fingerprint density at radius 2 is 1.95 bits per heavy atom. The lowest BCUT2D eigenvalue weighted by Gasteiger charge is -2.24. The van der Waals surface area contributed by atoms with Crippen LogP contribution in [-0.4, -0.2) is 46.5 Å².